The van der Waals surface area contributed by atoms with Crippen molar-refractivity contribution in [2.75, 3.05) is 0 Å². The molecule has 4 nitrogen and oxygen atoms in total. The summed E-state index contributed by atoms with van der Waals surface area (Å²) < 4.78 is 4.34. The fourth-order valence-electron chi connectivity index (χ4n) is 8.57. The van der Waals surface area contributed by atoms with Crippen LogP contribution in [0.5, 0.6) is 0 Å². The van der Waals surface area contributed by atoms with E-state index in [0.29, 0.717) is 5.82 Å². The second-order valence-corrected chi connectivity index (χ2v) is 15.0. The molecule has 4 heteroatoms. The van der Waals surface area contributed by atoms with Gasteiger partial charge in [-0.3, -0.25) is 0 Å². The molecule has 11 rings (SSSR count). The molecule has 0 bridgehead atoms. The highest BCUT2D eigenvalue weighted by Crippen LogP contribution is 2.40. The van der Waals surface area contributed by atoms with E-state index in [1.807, 2.05) is 28.9 Å². The van der Waals surface area contributed by atoms with Gasteiger partial charge in [-0.1, -0.05) is 188 Å². The molecule has 282 valence electrons. The predicted molar refractivity (Wildman–Crippen MR) is 248 cm³/mol. The summed E-state index contributed by atoms with van der Waals surface area (Å²) in [7, 11) is 0. The molecule has 0 N–H and O–H groups in total. The molecule has 0 fully saturated rings. The van der Waals surface area contributed by atoms with Gasteiger partial charge in [-0.25, -0.2) is 9.67 Å². The monoisotopic (exact) mass is 766 g/mol. The molecule has 2 heterocycles. The third-order valence-electron chi connectivity index (χ3n) is 11.5. The van der Waals surface area contributed by atoms with Gasteiger partial charge in [0.25, 0.3) is 0 Å². The lowest BCUT2D eigenvalue weighted by molar-refractivity contribution is 0.891. The average Bonchev–Trinajstić information content (AvgIpc) is 3.93. The van der Waals surface area contributed by atoms with Gasteiger partial charge in [0.1, 0.15) is 0 Å². The molecule has 60 heavy (non-hydrogen) atoms. The highest BCUT2D eigenvalue weighted by atomic mass is 15.4. The summed E-state index contributed by atoms with van der Waals surface area (Å²) in [6.07, 6.45) is 0. The third kappa shape index (κ3) is 6.28. The smallest absolute Gasteiger partial charge is 0.182 e. The summed E-state index contributed by atoms with van der Waals surface area (Å²) >= 11 is 0. The minimum atomic E-state index is 0.685. The largest absolute Gasteiger partial charge is 0.309 e. The van der Waals surface area contributed by atoms with E-state index in [1.54, 1.807) is 0 Å². The maximum Gasteiger partial charge on any atom is 0.182 e. The lowest BCUT2D eigenvalue weighted by Gasteiger charge is -2.16. The van der Waals surface area contributed by atoms with E-state index in [4.69, 9.17) is 10.1 Å². The molecule has 0 atom stereocenters. The quantitative estimate of drug-likeness (QED) is 0.154. The summed E-state index contributed by atoms with van der Waals surface area (Å²) in [4.78, 5) is 5.13. The minimum Gasteiger partial charge on any atom is -0.309 e. The van der Waals surface area contributed by atoms with Crippen LogP contribution in [-0.4, -0.2) is 19.3 Å². The lowest BCUT2D eigenvalue weighted by Crippen LogP contribution is -2.00. The molecule has 9 aromatic carbocycles. The molecular weight excluding hydrogens is 729 g/mol. The molecule has 0 aliphatic rings. The van der Waals surface area contributed by atoms with Gasteiger partial charge in [-0.15, -0.1) is 5.10 Å². The number of fused-ring (bicyclic) bond motifs is 3. The second kappa shape index (κ2) is 15.0. The first kappa shape index (κ1) is 35.1. The molecule has 11 aromatic rings. The maximum atomic E-state index is 5.13. The second-order valence-electron chi connectivity index (χ2n) is 15.0. The summed E-state index contributed by atoms with van der Waals surface area (Å²) in [5.41, 5.74) is 15.8. The first-order valence-electron chi connectivity index (χ1n) is 20.3. The van der Waals surface area contributed by atoms with Gasteiger partial charge in [0.05, 0.1) is 16.7 Å². The van der Waals surface area contributed by atoms with E-state index < -0.39 is 0 Å². The van der Waals surface area contributed by atoms with E-state index in [1.165, 1.54) is 44.1 Å². The van der Waals surface area contributed by atoms with Gasteiger partial charge in [0.15, 0.2) is 11.6 Å². The van der Waals surface area contributed by atoms with Crippen LogP contribution in [-0.2, 0) is 0 Å². The molecule has 0 radical (unpaired) electrons. The highest BCUT2D eigenvalue weighted by Gasteiger charge is 2.18. The Morgan fingerprint density at radius 2 is 0.750 bits per heavy atom. The number of hydrogen-bond donors (Lipinski definition) is 0. The van der Waals surface area contributed by atoms with Crippen LogP contribution in [0.25, 0.3) is 100 Å². The van der Waals surface area contributed by atoms with Crippen molar-refractivity contribution in [2.24, 2.45) is 0 Å². The Kier molecular flexibility index (Phi) is 8.79. The van der Waals surface area contributed by atoms with Gasteiger partial charge >= 0.3 is 0 Å². The zero-order valence-corrected chi connectivity index (χ0v) is 32.7. The maximum absolute atomic E-state index is 5.13. The standard InChI is InChI=1S/C56H38N4/c1-3-16-39(17-4-1)43-20-15-21-44(38-43)56-57-55(42-18-5-2-6-19-42)58-60(56)46-36-32-41(33-37-46)48-23-8-10-25-50(48)49-24-9-7-22-47(49)40-30-34-45(35-31-40)59-53-28-13-11-26-51(53)52-27-12-14-29-54(52)59/h1-38H. The molecule has 0 unspecified atom stereocenters. The molecule has 0 aliphatic heterocycles. The summed E-state index contributed by atoms with van der Waals surface area (Å²) in [6.45, 7) is 0. The zero-order chi connectivity index (χ0) is 39.8. The number of rotatable bonds is 8. The van der Waals surface area contributed by atoms with Crippen molar-refractivity contribution in [3.8, 4) is 78.7 Å². The first-order valence-corrected chi connectivity index (χ1v) is 20.3. The van der Waals surface area contributed by atoms with Crippen LogP contribution in [0, 0.1) is 0 Å². The minimum absolute atomic E-state index is 0.685. The van der Waals surface area contributed by atoms with Crippen molar-refractivity contribution in [1.29, 1.82) is 0 Å². The Bertz CT molecular complexity index is 3230. The number of aromatic nitrogens is 4. The Morgan fingerprint density at radius 1 is 0.300 bits per heavy atom. The predicted octanol–water partition coefficient (Wildman–Crippen LogP) is 14.4. The molecule has 0 saturated heterocycles. The van der Waals surface area contributed by atoms with Gasteiger partial charge < -0.3 is 4.57 Å². The van der Waals surface area contributed by atoms with Crippen molar-refractivity contribution in [1.82, 2.24) is 19.3 Å². The van der Waals surface area contributed by atoms with Gasteiger partial charge in [-0.05, 0) is 87.0 Å². The fraction of sp³-hybridized carbons (Fsp3) is 0. The molecule has 0 spiro atoms. The Morgan fingerprint density at radius 3 is 1.33 bits per heavy atom. The van der Waals surface area contributed by atoms with Crippen molar-refractivity contribution < 1.29 is 0 Å². The van der Waals surface area contributed by atoms with Crippen LogP contribution < -0.4 is 0 Å². The normalized spacial score (nSPS) is 11.3. The molecule has 0 amide bonds. The Balaban J connectivity index is 0.955. The lowest BCUT2D eigenvalue weighted by atomic mass is 9.89. The van der Waals surface area contributed by atoms with Gasteiger partial charge in [0, 0.05) is 27.6 Å². The van der Waals surface area contributed by atoms with Crippen molar-refractivity contribution in [2.45, 2.75) is 0 Å². The van der Waals surface area contributed by atoms with Crippen LogP contribution >= 0.6 is 0 Å². The number of nitrogens with zero attached hydrogens (tertiary/aromatic N) is 4. The van der Waals surface area contributed by atoms with Gasteiger partial charge in [-0.2, -0.15) is 0 Å². The fourth-order valence-corrected chi connectivity index (χ4v) is 8.57. The van der Waals surface area contributed by atoms with E-state index in [2.05, 4.69) is 211 Å². The summed E-state index contributed by atoms with van der Waals surface area (Å²) in [6, 6.07) is 81.6. The molecule has 0 aliphatic carbocycles. The van der Waals surface area contributed by atoms with E-state index in [-0.39, 0.29) is 0 Å². The van der Waals surface area contributed by atoms with Crippen LogP contribution in [0.15, 0.2) is 231 Å². The Labute approximate surface area is 348 Å². The molecule has 2 aromatic heterocycles. The van der Waals surface area contributed by atoms with Crippen LogP contribution in [0.1, 0.15) is 0 Å². The van der Waals surface area contributed by atoms with Crippen molar-refractivity contribution >= 4 is 21.8 Å². The summed E-state index contributed by atoms with van der Waals surface area (Å²) in [5.74, 6) is 1.47. The first-order chi connectivity index (χ1) is 29.8. The topological polar surface area (TPSA) is 35.6 Å². The van der Waals surface area contributed by atoms with E-state index >= 15 is 0 Å². The van der Waals surface area contributed by atoms with Crippen LogP contribution in [0.4, 0.5) is 0 Å². The SMILES string of the molecule is c1ccc(-c2cccc(-c3nc(-c4ccccc4)nn3-c3ccc(-c4ccccc4-c4ccccc4-c4ccc(-n5c6ccccc6c6ccccc65)cc4)cc3)c2)cc1. The number of hydrogen-bond acceptors (Lipinski definition) is 2. The van der Waals surface area contributed by atoms with Crippen molar-refractivity contribution in [3.05, 3.63) is 231 Å². The zero-order valence-electron chi connectivity index (χ0n) is 32.7. The van der Waals surface area contributed by atoms with Crippen LogP contribution in [0.2, 0.25) is 0 Å². The molecular formula is C56H38N4. The van der Waals surface area contributed by atoms with Crippen molar-refractivity contribution in [3.63, 3.8) is 0 Å². The number of benzene rings is 9. The summed E-state index contributed by atoms with van der Waals surface area (Å²) in [5, 5.41) is 7.63. The van der Waals surface area contributed by atoms with E-state index in [0.717, 1.165) is 50.6 Å². The Hall–Kier alpha value is -8.08. The van der Waals surface area contributed by atoms with Crippen LogP contribution in [0.3, 0.4) is 0 Å². The average molecular weight is 767 g/mol. The third-order valence-corrected chi connectivity index (χ3v) is 11.5. The van der Waals surface area contributed by atoms with Gasteiger partial charge in [0.2, 0.25) is 0 Å². The highest BCUT2D eigenvalue weighted by molar-refractivity contribution is 6.09. The van der Waals surface area contributed by atoms with E-state index in [9.17, 15) is 0 Å². The molecule has 0 saturated carbocycles. The number of para-hydroxylation sites is 2.